The Morgan fingerprint density at radius 3 is 2.54 bits per heavy atom. The van der Waals surface area contributed by atoms with E-state index in [0.29, 0.717) is 0 Å². The molecule has 0 aliphatic rings. The van der Waals surface area contributed by atoms with Crippen LogP contribution in [0.2, 0.25) is 0 Å². The lowest BCUT2D eigenvalue weighted by Gasteiger charge is -2.15. The van der Waals surface area contributed by atoms with Crippen molar-refractivity contribution in [3.8, 4) is 0 Å². The standard InChI is InChI=1S/C20H20N4OS/c1-2-24-15-16(14-22-24)13-21-23-20(25)19(17-9-5-3-6-10-17)26-18-11-7-4-8-12-18/h3-15,19H,2H2,1H3,(H,23,25). The third-order valence-electron chi connectivity index (χ3n) is 3.70. The molecule has 1 aromatic heterocycles. The van der Waals surface area contributed by atoms with Crippen molar-refractivity contribution in [2.75, 3.05) is 0 Å². The third-order valence-corrected chi connectivity index (χ3v) is 4.97. The number of nitrogens with one attached hydrogen (secondary N) is 1. The first-order chi connectivity index (χ1) is 12.8. The summed E-state index contributed by atoms with van der Waals surface area (Å²) in [7, 11) is 0. The first-order valence-corrected chi connectivity index (χ1v) is 9.26. The number of thioether (sulfide) groups is 1. The average molecular weight is 364 g/mol. The predicted molar refractivity (Wildman–Crippen MR) is 105 cm³/mol. The predicted octanol–water partition coefficient (Wildman–Crippen LogP) is 3.89. The van der Waals surface area contributed by atoms with Gasteiger partial charge >= 0.3 is 0 Å². The molecule has 2 aromatic carbocycles. The van der Waals surface area contributed by atoms with Gasteiger partial charge in [-0.05, 0) is 24.6 Å². The molecule has 0 aliphatic heterocycles. The van der Waals surface area contributed by atoms with Crippen molar-refractivity contribution in [3.63, 3.8) is 0 Å². The summed E-state index contributed by atoms with van der Waals surface area (Å²) >= 11 is 1.50. The van der Waals surface area contributed by atoms with E-state index in [9.17, 15) is 4.79 Å². The van der Waals surface area contributed by atoms with Gasteiger partial charge in [-0.1, -0.05) is 48.5 Å². The molecule has 0 radical (unpaired) electrons. The number of aromatic nitrogens is 2. The number of carbonyl (C=O) groups is 1. The summed E-state index contributed by atoms with van der Waals surface area (Å²) in [5.41, 5.74) is 4.43. The van der Waals surface area contributed by atoms with E-state index in [4.69, 9.17) is 0 Å². The lowest BCUT2D eigenvalue weighted by molar-refractivity contribution is -0.120. The highest BCUT2D eigenvalue weighted by molar-refractivity contribution is 8.00. The Morgan fingerprint density at radius 1 is 1.19 bits per heavy atom. The van der Waals surface area contributed by atoms with E-state index >= 15 is 0 Å². The normalized spacial score (nSPS) is 12.2. The summed E-state index contributed by atoms with van der Waals surface area (Å²) in [4.78, 5) is 13.8. The van der Waals surface area contributed by atoms with Gasteiger partial charge in [-0.3, -0.25) is 9.48 Å². The number of hydrazone groups is 1. The molecule has 1 heterocycles. The molecular formula is C20H20N4OS. The first-order valence-electron chi connectivity index (χ1n) is 8.38. The SMILES string of the molecule is CCn1cc(C=NNC(=O)C(Sc2ccccc2)c2ccccc2)cn1. The van der Waals surface area contributed by atoms with Gasteiger partial charge in [0.25, 0.3) is 5.91 Å². The second kappa shape index (κ2) is 9.01. The van der Waals surface area contributed by atoms with Crippen molar-refractivity contribution in [3.05, 3.63) is 84.2 Å². The Balaban J connectivity index is 1.72. The van der Waals surface area contributed by atoms with E-state index in [-0.39, 0.29) is 11.2 Å². The molecule has 0 saturated carbocycles. The highest BCUT2D eigenvalue weighted by Crippen LogP contribution is 2.35. The van der Waals surface area contributed by atoms with Gasteiger partial charge in [0.2, 0.25) is 0 Å². The van der Waals surface area contributed by atoms with Gasteiger partial charge in [-0.25, -0.2) is 5.43 Å². The first kappa shape index (κ1) is 17.9. The molecule has 1 amide bonds. The van der Waals surface area contributed by atoms with Gasteiger partial charge in [0.15, 0.2) is 0 Å². The molecule has 1 unspecified atom stereocenters. The van der Waals surface area contributed by atoms with Crippen LogP contribution in [0.25, 0.3) is 0 Å². The maximum atomic E-state index is 12.7. The van der Waals surface area contributed by atoms with Crippen LogP contribution in [0.1, 0.15) is 23.3 Å². The van der Waals surface area contributed by atoms with Gasteiger partial charge in [0.1, 0.15) is 5.25 Å². The summed E-state index contributed by atoms with van der Waals surface area (Å²) in [6.07, 6.45) is 5.20. The van der Waals surface area contributed by atoms with Crippen LogP contribution in [0.15, 0.2) is 83.1 Å². The van der Waals surface area contributed by atoms with Crippen LogP contribution in [0.5, 0.6) is 0 Å². The zero-order chi connectivity index (χ0) is 18.2. The number of hydrogen-bond donors (Lipinski definition) is 1. The quantitative estimate of drug-likeness (QED) is 0.393. The minimum Gasteiger partial charge on any atom is -0.272 e. The molecule has 26 heavy (non-hydrogen) atoms. The third kappa shape index (κ3) is 4.83. The van der Waals surface area contributed by atoms with E-state index in [1.807, 2.05) is 73.8 Å². The van der Waals surface area contributed by atoms with E-state index in [1.54, 1.807) is 17.1 Å². The van der Waals surface area contributed by atoms with Gasteiger partial charge in [0.05, 0.1) is 12.4 Å². The highest BCUT2D eigenvalue weighted by atomic mass is 32.2. The Morgan fingerprint density at radius 2 is 1.88 bits per heavy atom. The van der Waals surface area contributed by atoms with Crippen LogP contribution >= 0.6 is 11.8 Å². The molecular weight excluding hydrogens is 344 g/mol. The van der Waals surface area contributed by atoms with Crippen molar-refractivity contribution in [1.82, 2.24) is 15.2 Å². The second-order valence-corrected chi connectivity index (χ2v) is 6.76. The summed E-state index contributed by atoms with van der Waals surface area (Å²) < 4.78 is 1.81. The topological polar surface area (TPSA) is 59.3 Å². The molecule has 132 valence electrons. The number of aryl methyl sites for hydroxylation is 1. The van der Waals surface area contributed by atoms with Crippen molar-refractivity contribution < 1.29 is 4.79 Å². The van der Waals surface area contributed by atoms with Crippen molar-refractivity contribution >= 4 is 23.9 Å². The number of rotatable bonds is 7. The Labute approximate surface area is 157 Å². The van der Waals surface area contributed by atoms with Crippen LogP contribution in [0.3, 0.4) is 0 Å². The van der Waals surface area contributed by atoms with Gasteiger partial charge in [-0.15, -0.1) is 11.8 Å². The van der Waals surface area contributed by atoms with Crippen molar-refractivity contribution in [2.45, 2.75) is 23.6 Å². The fourth-order valence-electron chi connectivity index (χ4n) is 2.38. The van der Waals surface area contributed by atoms with E-state index in [2.05, 4.69) is 15.6 Å². The van der Waals surface area contributed by atoms with Crippen LogP contribution in [-0.4, -0.2) is 21.9 Å². The smallest absolute Gasteiger partial charge is 0.258 e. The summed E-state index contributed by atoms with van der Waals surface area (Å²) in [6.45, 7) is 2.81. The van der Waals surface area contributed by atoms with Crippen molar-refractivity contribution in [1.29, 1.82) is 0 Å². The fraction of sp³-hybridized carbons (Fsp3) is 0.150. The molecule has 5 nitrogen and oxygen atoms in total. The molecule has 0 fully saturated rings. The van der Waals surface area contributed by atoms with Crippen molar-refractivity contribution in [2.24, 2.45) is 5.10 Å². The number of carbonyl (C=O) groups excluding carboxylic acids is 1. The monoisotopic (exact) mass is 364 g/mol. The Hall–Kier alpha value is -2.86. The number of hydrogen-bond acceptors (Lipinski definition) is 4. The maximum absolute atomic E-state index is 12.7. The number of amides is 1. The second-order valence-electron chi connectivity index (χ2n) is 5.59. The van der Waals surface area contributed by atoms with Crippen LogP contribution in [0, 0.1) is 0 Å². The summed E-state index contributed by atoms with van der Waals surface area (Å²) in [6, 6.07) is 19.6. The van der Waals surface area contributed by atoms with Crippen LogP contribution < -0.4 is 5.43 Å². The van der Waals surface area contributed by atoms with Crippen LogP contribution in [-0.2, 0) is 11.3 Å². The molecule has 1 atom stereocenters. The minimum atomic E-state index is -0.380. The van der Waals surface area contributed by atoms with E-state index in [1.165, 1.54) is 11.8 Å². The molecule has 1 N–H and O–H groups in total. The molecule has 0 saturated heterocycles. The zero-order valence-electron chi connectivity index (χ0n) is 14.4. The Kier molecular flexibility index (Phi) is 6.22. The maximum Gasteiger partial charge on any atom is 0.258 e. The van der Waals surface area contributed by atoms with E-state index in [0.717, 1.165) is 22.6 Å². The van der Waals surface area contributed by atoms with Gasteiger partial charge in [-0.2, -0.15) is 10.2 Å². The highest BCUT2D eigenvalue weighted by Gasteiger charge is 2.21. The number of nitrogens with zero attached hydrogens (tertiary/aromatic N) is 3. The molecule has 6 heteroatoms. The number of benzene rings is 2. The van der Waals surface area contributed by atoms with Gasteiger partial charge < -0.3 is 0 Å². The minimum absolute atomic E-state index is 0.163. The molecule has 3 rings (SSSR count). The summed E-state index contributed by atoms with van der Waals surface area (Å²) in [5.74, 6) is -0.163. The molecule has 0 spiro atoms. The molecule has 0 aliphatic carbocycles. The zero-order valence-corrected chi connectivity index (χ0v) is 15.3. The lowest BCUT2D eigenvalue weighted by atomic mass is 10.1. The van der Waals surface area contributed by atoms with E-state index < -0.39 is 0 Å². The fourth-order valence-corrected chi connectivity index (χ4v) is 3.42. The van der Waals surface area contributed by atoms with Crippen LogP contribution in [0.4, 0.5) is 0 Å². The largest absolute Gasteiger partial charge is 0.272 e. The lowest BCUT2D eigenvalue weighted by Crippen LogP contribution is -2.23. The summed E-state index contributed by atoms with van der Waals surface area (Å²) in [5, 5.41) is 7.89. The average Bonchev–Trinajstić information content (AvgIpc) is 3.15. The molecule has 3 aromatic rings. The molecule has 0 bridgehead atoms. The Bertz CT molecular complexity index is 862. The van der Waals surface area contributed by atoms with Gasteiger partial charge in [0, 0.05) is 23.2 Å².